The number of rotatable bonds is 3. The monoisotopic (exact) mass is 281 g/mol. The first-order valence-corrected chi connectivity index (χ1v) is 7.82. The van der Waals surface area contributed by atoms with Gasteiger partial charge >= 0.3 is 0 Å². The van der Waals surface area contributed by atoms with E-state index in [9.17, 15) is 18.0 Å². The standard InChI is InChI=1S/C13H15NO4S/c1-9(15)10-2-4-12(5-3-10)14-13(16)11-6-7-19(17,18)8-11/h2-5,11H,6-8H2,1H3,(H,14,16)/t11-/m1/s1. The number of ketones is 1. The molecule has 0 aliphatic carbocycles. The predicted octanol–water partition coefficient (Wildman–Crippen LogP) is 1.26. The lowest BCUT2D eigenvalue weighted by Gasteiger charge is -2.09. The van der Waals surface area contributed by atoms with Gasteiger partial charge in [-0.2, -0.15) is 0 Å². The fourth-order valence-corrected chi connectivity index (χ4v) is 3.78. The van der Waals surface area contributed by atoms with Crippen molar-refractivity contribution in [2.24, 2.45) is 5.92 Å². The quantitative estimate of drug-likeness (QED) is 0.846. The van der Waals surface area contributed by atoms with Crippen LogP contribution in [0.15, 0.2) is 24.3 Å². The van der Waals surface area contributed by atoms with Crippen LogP contribution in [0.5, 0.6) is 0 Å². The maximum absolute atomic E-state index is 11.9. The van der Waals surface area contributed by atoms with Gasteiger partial charge in [-0.3, -0.25) is 9.59 Å². The van der Waals surface area contributed by atoms with Gasteiger partial charge in [-0.25, -0.2) is 8.42 Å². The lowest BCUT2D eigenvalue weighted by atomic mass is 10.1. The molecule has 0 bridgehead atoms. The van der Waals surface area contributed by atoms with Gasteiger partial charge in [0.2, 0.25) is 5.91 Å². The van der Waals surface area contributed by atoms with Crippen LogP contribution in [0.1, 0.15) is 23.7 Å². The molecule has 102 valence electrons. The van der Waals surface area contributed by atoms with Crippen molar-refractivity contribution in [3.63, 3.8) is 0 Å². The molecule has 6 heteroatoms. The summed E-state index contributed by atoms with van der Waals surface area (Å²) in [7, 11) is -3.06. The van der Waals surface area contributed by atoms with Crippen LogP contribution in [-0.4, -0.2) is 31.6 Å². The van der Waals surface area contributed by atoms with Gasteiger partial charge in [0.1, 0.15) is 0 Å². The third kappa shape index (κ3) is 3.41. The van der Waals surface area contributed by atoms with Crippen molar-refractivity contribution in [1.82, 2.24) is 0 Å². The largest absolute Gasteiger partial charge is 0.326 e. The molecule has 1 atom stereocenters. The zero-order chi connectivity index (χ0) is 14.0. The summed E-state index contributed by atoms with van der Waals surface area (Å²) >= 11 is 0. The van der Waals surface area contributed by atoms with Crippen LogP contribution in [0, 0.1) is 5.92 Å². The minimum atomic E-state index is -3.06. The number of nitrogens with one attached hydrogen (secondary N) is 1. The molecule has 0 radical (unpaired) electrons. The Morgan fingerprint density at radius 2 is 1.84 bits per heavy atom. The number of benzene rings is 1. The van der Waals surface area contributed by atoms with Gasteiger partial charge in [-0.15, -0.1) is 0 Å². The van der Waals surface area contributed by atoms with Gasteiger partial charge in [0.15, 0.2) is 15.6 Å². The first-order valence-electron chi connectivity index (χ1n) is 6.00. The average molecular weight is 281 g/mol. The highest BCUT2D eigenvalue weighted by atomic mass is 32.2. The van der Waals surface area contributed by atoms with Gasteiger partial charge < -0.3 is 5.32 Å². The van der Waals surface area contributed by atoms with Crippen LogP contribution < -0.4 is 5.32 Å². The number of Topliss-reactive ketones (excluding diaryl/α,β-unsaturated/α-hetero) is 1. The summed E-state index contributed by atoms with van der Waals surface area (Å²) in [4.78, 5) is 23.0. The van der Waals surface area contributed by atoms with E-state index in [4.69, 9.17) is 0 Å². The maximum atomic E-state index is 11.9. The van der Waals surface area contributed by atoms with E-state index in [1.54, 1.807) is 24.3 Å². The molecule has 5 nitrogen and oxygen atoms in total. The number of sulfone groups is 1. The molecule has 1 aliphatic heterocycles. The summed E-state index contributed by atoms with van der Waals surface area (Å²) in [5.74, 6) is -0.799. The highest BCUT2D eigenvalue weighted by molar-refractivity contribution is 7.91. The number of amides is 1. The van der Waals surface area contributed by atoms with Crippen molar-refractivity contribution >= 4 is 27.2 Å². The van der Waals surface area contributed by atoms with Crippen LogP contribution >= 0.6 is 0 Å². The first-order chi connectivity index (χ1) is 8.87. The molecule has 1 amide bonds. The molecule has 2 rings (SSSR count). The minimum Gasteiger partial charge on any atom is -0.326 e. The van der Waals surface area contributed by atoms with Crippen molar-refractivity contribution in [3.05, 3.63) is 29.8 Å². The molecular weight excluding hydrogens is 266 g/mol. The van der Waals surface area contributed by atoms with E-state index in [1.807, 2.05) is 0 Å². The fraction of sp³-hybridized carbons (Fsp3) is 0.385. The SMILES string of the molecule is CC(=O)c1ccc(NC(=O)[C@@H]2CCS(=O)(=O)C2)cc1. The summed E-state index contributed by atoms with van der Waals surface area (Å²) in [6.45, 7) is 1.47. The number of anilines is 1. The maximum Gasteiger partial charge on any atom is 0.228 e. The topological polar surface area (TPSA) is 80.3 Å². The lowest BCUT2D eigenvalue weighted by molar-refractivity contribution is -0.119. The second kappa shape index (κ2) is 5.13. The Labute approximate surface area is 111 Å². The Morgan fingerprint density at radius 3 is 2.32 bits per heavy atom. The van der Waals surface area contributed by atoms with E-state index in [2.05, 4.69) is 5.32 Å². The molecular formula is C13H15NO4S. The van der Waals surface area contributed by atoms with Gasteiger partial charge in [-0.05, 0) is 37.6 Å². The average Bonchev–Trinajstić information content (AvgIpc) is 2.70. The smallest absolute Gasteiger partial charge is 0.228 e. The second-order valence-corrected chi connectivity index (χ2v) is 6.95. The van der Waals surface area contributed by atoms with E-state index in [1.165, 1.54) is 6.92 Å². The Morgan fingerprint density at radius 1 is 1.21 bits per heavy atom. The number of carbonyl (C=O) groups is 2. The molecule has 1 aromatic carbocycles. The van der Waals surface area contributed by atoms with Crippen molar-refractivity contribution in [2.75, 3.05) is 16.8 Å². The van der Waals surface area contributed by atoms with Gasteiger partial charge in [0.25, 0.3) is 0 Å². The first kappa shape index (κ1) is 13.7. The number of hydrogen-bond donors (Lipinski definition) is 1. The van der Waals surface area contributed by atoms with Crippen molar-refractivity contribution < 1.29 is 18.0 Å². The third-order valence-corrected chi connectivity index (χ3v) is 4.93. The van der Waals surface area contributed by atoms with Crippen LogP contribution in [-0.2, 0) is 14.6 Å². The van der Waals surface area contributed by atoms with Crippen LogP contribution in [0.3, 0.4) is 0 Å². The summed E-state index contributed by atoms with van der Waals surface area (Å²) in [5, 5.41) is 2.67. The Bertz CT molecular complexity index is 604. The van der Waals surface area contributed by atoms with E-state index < -0.39 is 15.8 Å². The van der Waals surface area contributed by atoms with Crippen LogP contribution in [0.2, 0.25) is 0 Å². The second-order valence-electron chi connectivity index (χ2n) is 4.72. The molecule has 0 aromatic heterocycles. The molecule has 19 heavy (non-hydrogen) atoms. The fourth-order valence-electron chi connectivity index (χ4n) is 2.03. The molecule has 1 fully saturated rings. The number of carbonyl (C=O) groups excluding carboxylic acids is 2. The van der Waals surface area contributed by atoms with Crippen LogP contribution in [0.4, 0.5) is 5.69 Å². The van der Waals surface area contributed by atoms with E-state index in [-0.39, 0.29) is 23.2 Å². The molecule has 1 aromatic rings. The zero-order valence-corrected chi connectivity index (χ0v) is 11.4. The van der Waals surface area contributed by atoms with E-state index in [0.717, 1.165) is 0 Å². The number of hydrogen-bond acceptors (Lipinski definition) is 4. The predicted molar refractivity (Wildman–Crippen MR) is 71.8 cm³/mol. The molecule has 1 saturated heterocycles. The van der Waals surface area contributed by atoms with Gasteiger partial charge in [0.05, 0.1) is 17.4 Å². The normalized spacial score (nSPS) is 21.0. The molecule has 0 unspecified atom stereocenters. The third-order valence-electron chi connectivity index (χ3n) is 3.16. The summed E-state index contributed by atoms with van der Waals surface area (Å²) in [5.41, 5.74) is 1.14. The van der Waals surface area contributed by atoms with Crippen molar-refractivity contribution in [1.29, 1.82) is 0 Å². The highest BCUT2D eigenvalue weighted by Crippen LogP contribution is 2.20. The Kier molecular flexibility index (Phi) is 3.71. The molecule has 1 heterocycles. The summed E-state index contributed by atoms with van der Waals surface area (Å²) in [6.07, 6.45) is 0.375. The molecule has 0 saturated carbocycles. The van der Waals surface area contributed by atoms with Gasteiger partial charge in [-0.1, -0.05) is 0 Å². The highest BCUT2D eigenvalue weighted by Gasteiger charge is 2.32. The Hall–Kier alpha value is -1.69. The van der Waals surface area contributed by atoms with Crippen LogP contribution in [0.25, 0.3) is 0 Å². The molecule has 1 N–H and O–H groups in total. The minimum absolute atomic E-state index is 0.0419. The van der Waals surface area contributed by atoms with Crippen molar-refractivity contribution in [3.8, 4) is 0 Å². The lowest BCUT2D eigenvalue weighted by Crippen LogP contribution is -2.23. The summed E-state index contributed by atoms with van der Waals surface area (Å²) in [6, 6.07) is 6.53. The van der Waals surface area contributed by atoms with E-state index in [0.29, 0.717) is 17.7 Å². The molecule has 0 spiro atoms. The molecule has 1 aliphatic rings. The summed E-state index contributed by atoms with van der Waals surface area (Å²) < 4.78 is 22.6. The van der Waals surface area contributed by atoms with E-state index >= 15 is 0 Å². The van der Waals surface area contributed by atoms with Crippen molar-refractivity contribution in [2.45, 2.75) is 13.3 Å². The zero-order valence-electron chi connectivity index (χ0n) is 10.5. The van der Waals surface area contributed by atoms with Gasteiger partial charge in [0, 0.05) is 11.3 Å². The Balaban J connectivity index is 2.01.